The average Bonchev–Trinajstić information content (AvgIpc) is 3.01. The maximum Gasteiger partial charge on any atom is 0.325 e. The van der Waals surface area contributed by atoms with Crippen molar-refractivity contribution >= 4 is 11.9 Å². The summed E-state index contributed by atoms with van der Waals surface area (Å²) in [5.41, 5.74) is 0.370. The van der Waals surface area contributed by atoms with E-state index >= 15 is 0 Å². The van der Waals surface area contributed by atoms with Gasteiger partial charge in [0.2, 0.25) is 0 Å². The lowest BCUT2D eigenvalue weighted by atomic mass is 9.84. The van der Waals surface area contributed by atoms with Crippen molar-refractivity contribution in [3.63, 3.8) is 0 Å². The molecule has 6 heteroatoms. The zero-order valence-corrected chi connectivity index (χ0v) is 16.2. The highest BCUT2D eigenvalue weighted by molar-refractivity contribution is 6.07. The third-order valence-electron chi connectivity index (χ3n) is 5.53. The number of carbonyl (C=O) groups is 2. The Morgan fingerprint density at radius 3 is 2.53 bits per heavy atom. The van der Waals surface area contributed by atoms with Gasteiger partial charge in [-0.2, -0.15) is 0 Å². The van der Waals surface area contributed by atoms with Crippen LogP contribution in [0, 0.1) is 0 Å². The third-order valence-corrected chi connectivity index (χ3v) is 5.53. The summed E-state index contributed by atoms with van der Waals surface area (Å²) in [4.78, 5) is 27.6. The Morgan fingerprint density at radius 2 is 1.67 bits per heavy atom. The van der Waals surface area contributed by atoms with Crippen molar-refractivity contribution in [2.45, 2.75) is 18.5 Å². The number of ether oxygens (including phenoxy) is 2. The summed E-state index contributed by atoms with van der Waals surface area (Å²) in [7, 11) is 0. The Kier molecular flexibility index (Phi) is 4.39. The van der Waals surface area contributed by atoms with Gasteiger partial charge in [-0.3, -0.25) is 9.69 Å². The van der Waals surface area contributed by atoms with E-state index in [4.69, 9.17) is 9.47 Å². The number of fused-ring (bicyclic) bond motifs is 2. The van der Waals surface area contributed by atoms with Gasteiger partial charge in [0.25, 0.3) is 5.91 Å². The number of nitrogens with zero attached hydrogens (tertiary/aromatic N) is 1. The van der Waals surface area contributed by atoms with Gasteiger partial charge in [0, 0.05) is 17.5 Å². The summed E-state index contributed by atoms with van der Waals surface area (Å²) < 4.78 is 11.7. The van der Waals surface area contributed by atoms with Crippen molar-refractivity contribution in [1.82, 2.24) is 10.2 Å². The highest BCUT2D eigenvalue weighted by atomic mass is 16.5. The zero-order valence-electron chi connectivity index (χ0n) is 16.2. The quantitative estimate of drug-likeness (QED) is 0.666. The van der Waals surface area contributed by atoms with Crippen molar-refractivity contribution in [3.8, 4) is 17.2 Å². The van der Waals surface area contributed by atoms with E-state index in [-0.39, 0.29) is 12.5 Å². The Bertz CT molecular complexity index is 1110. The van der Waals surface area contributed by atoms with Gasteiger partial charge in [-0.05, 0) is 24.3 Å². The number of hydrogen-bond donors (Lipinski definition) is 1. The van der Waals surface area contributed by atoms with E-state index in [1.165, 1.54) is 4.90 Å². The molecule has 0 radical (unpaired) electrons. The maximum atomic E-state index is 13.5. The summed E-state index contributed by atoms with van der Waals surface area (Å²) in [6.45, 7) is 0.489. The molecule has 5 rings (SSSR count). The Morgan fingerprint density at radius 1 is 0.933 bits per heavy atom. The Balaban J connectivity index is 1.45. The summed E-state index contributed by atoms with van der Waals surface area (Å²) >= 11 is 0. The smallest absolute Gasteiger partial charge is 0.325 e. The molecule has 0 aromatic heterocycles. The zero-order chi connectivity index (χ0) is 20.6. The molecule has 1 unspecified atom stereocenters. The van der Waals surface area contributed by atoms with Gasteiger partial charge >= 0.3 is 6.03 Å². The van der Waals surface area contributed by atoms with E-state index in [1.54, 1.807) is 0 Å². The molecule has 150 valence electrons. The molecule has 2 aliphatic heterocycles. The van der Waals surface area contributed by atoms with E-state index in [2.05, 4.69) is 5.32 Å². The lowest BCUT2D eigenvalue weighted by Gasteiger charge is -2.33. The highest BCUT2D eigenvalue weighted by Gasteiger charge is 2.54. The molecule has 1 fully saturated rings. The standard InChI is InChI=1S/C24H20N2O4/c27-22-24(14-15-29-21-13-7-5-11-19(21)24)25-23(28)26(22)16-17-8-4-6-12-20(17)30-18-9-2-1-3-10-18/h1-13H,14-16H2,(H,25,28). The Labute approximate surface area is 174 Å². The van der Waals surface area contributed by atoms with Crippen LogP contribution in [0.25, 0.3) is 0 Å². The second kappa shape index (κ2) is 7.22. The molecule has 3 amide bonds. The van der Waals surface area contributed by atoms with Gasteiger partial charge < -0.3 is 14.8 Å². The van der Waals surface area contributed by atoms with E-state index in [9.17, 15) is 9.59 Å². The third kappa shape index (κ3) is 2.97. The van der Waals surface area contributed by atoms with Crippen LogP contribution in [0.15, 0.2) is 78.9 Å². The van der Waals surface area contributed by atoms with Gasteiger partial charge in [0.1, 0.15) is 17.2 Å². The molecule has 6 nitrogen and oxygen atoms in total. The van der Waals surface area contributed by atoms with Gasteiger partial charge in [0.15, 0.2) is 5.54 Å². The van der Waals surface area contributed by atoms with Crippen molar-refractivity contribution < 1.29 is 19.1 Å². The monoisotopic (exact) mass is 400 g/mol. The van der Waals surface area contributed by atoms with Crippen LogP contribution < -0.4 is 14.8 Å². The first-order valence-electron chi connectivity index (χ1n) is 9.85. The van der Waals surface area contributed by atoms with Crippen molar-refractivity contribution in [3.05, 3.63) is 90.0 Å². The summed E-state index contributed by atoms with van der Waals surface area (Å²) in [5, 5.41) is 2.93. The number of imide groups is 1. The number of carbonyl (C=O) groups excluding carboxylic acids is 2. The molecule has 2 heterocycles. The van der Waals surface area contributed by atoms with E-state index in [0.29, 0.717) is 35.8 Å². The lowest BCUT2D eigenvalue weighted by molar-refractivity contribution is -0.133. The molecule has 0 bridgehead atoms. The SMILES string of the molecule is O=C1NC2(CCOc3ccccc32)C(=O)N1Cc1ccccc1Oc1ccccc1. The summed E-state index contributed by atoms with van der Waals surface area (Å²) in [6.07, 6.45) is 0.396. The van der Waals surface area contributed by atoms with Crippen molar-refractivity contribution in [2.75, 3.05) is 6.61 Å². The Hall–Kier alpha value is -3.80. The van der Waals surface area contributed by atoms with Gasteiger partial charge in [-0.15, -0.1) is 0 Å². The molecule has 0 saturated carbocycles. The molecule has 3 aromatic rings. The van der Waals surface area contributed by atoms with Crippen LogP contribution in [0.1, 0.15) is 17.5 Å². The minimum absolute atomic E-state index is 0.123. The number of amides is 3. The number of benzene rings is 3. The van der Waals surface area contributed by atoms with Gasteiger partial charge in [0.05, 0.1) is 13.2 Å². The molecule has 2 aliphatic rings. The van der Waals surface area contributed by atoms with E-state index in [0.717, 1.165) is 5.56 Å². The highest BCUT2D eigenvalue weighted by Crippen LogP contribution is 2.41. The molecule has 1 spiro atoms. The summed E-state index contributed by atoms with van der Waals surface area (Å²) in [5.74, 6) is 1.67. The number of nitrogens with one attached hydrogen (secondary N) is 1. The lowest BCUT2D eigenvalue weighted by Crippen LogP contribution is -2.47. The molecule has 1 N–H and O–H groups in total. The molecular formula is C24H20N2O4. The fourth-order valence-corrected chi connectivity index (χ4v) is 4.04. The van der Waals surface area contributed by atoms with Crippen molar-refractivity contribution in [1.29, 1.82) is 0 Å². The number of hydrogen-bond acceptors (Lipinski definition) is 4. The van der Waals surface area contributed by atoms with Gasteiger partial charge in [-0.1, -0.05) is 54.6 Å². The topological polar surface area (TPSA) is 67.9 Å². The molecule has 1 atom stereocenters. The normalized spacial score (nSPS) is 19.9. The minimum Gasteiger partial charge on any atom is -0.493 e. The summed E-state index contributed by atoms with van der Waals surface area (Å²) in [6, 6.07) is 23.8. The first-order valence-corrected chi connectivity index (χ1v) is 9.85. The molecule has 0 aliphatic carbocycles. The predicted octanol–water partition coefficient (Wildman–Crippen LogP) is 4.21. The number of para-hydroxylation sites is 3. The average molecular weight is 400 g/mol. The number of urea groups is 1. The molecule has 30 heavy (non-hydrogen) atoms. The predicted molar refractivity (Wildman–Crippen MR) is 110 cm³/mol. The second-order valence-electron chi connectivity index (χ2n) is 7.34. The largest absolute Gasteiger partial charge is 0.493 e. The van der Waals surface area contributed by atoms with Crippen LogP contribution in [-0.4, -0.2) is 23.4 Å². The second-order valence-corrected chi connectivity index (χ2v) is 7.34. The van der Waals surface area contributed by atoms with Gasteiger partial charge in [-0.25, -0.2) is 4.79 Å². The maximum absolute atomic E-state index is 13.5. The van der Waals surface area contributed by atoms with Crippen LogP contribution in [0.3, 0.4) is 0 Å². The van der Waals surface area contributed by atoms with Crippen LogP contribution in [0.4, 0.5) is 4.79 Å². The van der Waals surface area contributed by atoms with Crippen LogP contribution in [0.2, 0.25) is 0 Å². The fraction of sp³-hybridized carbons (Fsp3) is 0.167. The first kappa shape index (κ1) is 18.2. The number of rotatable bonds is 4. The van der Waals surface area contributed by atoms with Crippen LogP contribution >= 0.6 is 0 Å². The minimum atomic E-state index is -1.08. The van der Waals surface area contributed by atoms with Crippen molar-refractivity contribution in [2.24, 2.45) is 0 Å². The fourth-order valence-electron chi connectivity index (χ4n) is 4.04. The molecular weight excluding hydrogens is 380 g/mol. The molecule has 1 saturated heterocycles. The van der Waals surface area contributed by atoms with Crippen LogP contribution in [0.5, 0.6) is 17.2 Å². The van der Waals surface area contributed by atoms with E-state index in [1.807, 2.05) is 78.9 Å². The first-order chi connectivity index (χ1) is 14.7. The molecule has 3 aromatic carbocycles. The van der Waals surface area contributed by atoms with Crippen LogP contribution in [-0.2, 0) is 16.9 Å². The van der Waals surface area contributed by atoms with E-state index < -0.39 is 11.6 Å².